The molecule has 0 saturated heterocycles. The first-order valence-electron chi connectivity index (χ1n) is 7.58. The molecule has 5 nitrogen and oxygen atoms in total. The van der Waals surface area contributed by atoms with Crippen molar-refractivity contribution >= 4 is 28.5 Å². The van der Waals surface area contributed by atoms with Crippen molar-refractivity contribution in [1.82, 2.24) is 0 Å². The number of ether oxygens (including phenoxy) is 1. The van der Waals surface area contributed by atoms with Crippen LogP contribution in [0.1, 0.15) is 16.7 Å². The fourth-order valence-electron chi connectivity index (χ4n) is 2.59. The zero-order valence-electron chi connectivity index (χ0n) is 13.4. The van der Waals surface area contributed by atoms with E-state index in [-0.39, 0.29) is 12.2 Å². The SMILES string of the molecule is Cc1c(CC(=O)[O-])c(=O)oc2cc(OCc3ccccc3Cl)ccc12. The van der Waals surface area contributed by atoms with Gasteiger partial charge in [-0.1, -0.05) is 29.8 Å². The summed E-state index contributed by atoms with van der Waals surface area (Å²) in [4.78, 5) is 22.8. The number of carbonyl (C=O) groups is 1. The van der Waals surface area contributed by atoms with E-state index in [9.17, 15) is 14.7 Å². The van der Waals surface area contributed by atoms with Crippen LogP contribution in [0.4, 0.5) is 0 Å². The molecule has 25 heavy (non-hydrogen) atoms. The lowest BCUT2D eigenvalue weighted by Crippen LogP contribution is -2.27. The third kappa shape index (κ3) is 3.67. The quantitative estimate of drug-likeness (QED) is 0.656. The smallest absolute Gasteiger partial charge is 0.340 e. The molecule has 2 aromatic carbocycles. The number of rotatable bonds is 5. The van der Waals surface area contributed by atoms with E-state index in [4.69, 9.17) is 20.8 Å². The molecule has 0 fully saturated rings. The normalized spacial score (nSPS) is 10.8. The molecule has 128 valence electrons. The van der Waals surface area contributed by atoms with Crippen molar-refractivity contribution in [2.75, 3.05) is 0 Å². The maximum Gasteiger partial charge on any atom is 0.340 e. The number of aryl methyl sites for hydroxylation is 1. The molecule has 3 rings (SSSR count). The van der Waals surface area contributed by atoms with Gasteiger partial charge in [-0.3, -0.25) is 0 Å². The number of fused-ring (bicyclic) bond motifs is 1. The Morgan fingerprint density at radius 1 is 1.24 bits per heavy atom. The fraction of sp³-hybridized carbons (Fsp3) is 0.158. The van der Waals surface area contributed by atoms with E-state index in [0.29, 0.717) is 27.3 Å². The van der Waals surface area contributed by atoms with Crippen molar-refractivity contribution in [2.45, 2.75) is 20.0 Å². The van der Waals surface area contributed by atoms with Gasteiger partial charge in [0.15, 0.2) is 0 Å². The summed E-state index contributed by atoms with van der Waals surface area (Å²) >= 11 is 6.09. The molecule has 6 heteroatoms. The van der Waals surface area contributed by atoms with Crippen LogP contribution >= 0.6 is 11.6 Å². The molecule has 3 aromatic rings. The molecule has 0 radical (unpaired) electrons. The number of aliphatic carboxylic acids is 1. The molecule has 0 aliphatic rings. The van der Waals surface area contributed by atoms with E-state index >= 15 is 0 Å². The molecular formula is C19H14ClO5-. The Morgan fingerprint density at radius 3 is 2.72 bits per heavy atom. The lowest BCUT2D eigenvalue weighted by molar-refractivity contribution is -0.304. The molecule has 0 amide bonds. The third-order valence-corrected chi connectivity index (χ3v) is 4.30. The Labute approximate surface area is 148 Å². The number of carboxylic acid groups (broad SMARTS) is 1. The first-order chi connectivity index (χ1) is 12.0. The van der Waals surface area contributed by atoms with Crippen LogP contribution in [0.25, 0.3) is 11.0 Å². The van der Waals surface area contributed by atoms with Crippen LogP contribution in [0.15, 0.2) is 51.7 Å². The maximum atomic E-state index is 12.0. The number of carboxylic acids is 1. The number of halogens is 1. The minimum atomic E-state index is -1.32. The lowest BCUT2D eigenvalue weighted by atomic mass is 10.0. The summed E-state index contributed by atoms with van der Waals surface area (Å²) in [6.45, 7) is 1.96. The monoisotopic (exact) mass is 357 g/mol. The van der Waals surface area contributed by atoms with Gasteiger partial charge in [-0.05, 0) is 30.7 Å². The van der Waals surface area contributed by atoms with E-state index in [1.54, 1.807) is 31.2 Å². The topological polar surface area (TPSA) is 79.6 Å². The Bertz CT molecular complexity index is 1010. The minimum absolute atomic E-state index is 0.0947. The third-order valence-electron chi connectivity index (χ3n) is 3.93. The second kappa shape index (κ2) is 6.99. The minimum Gasteiger partial charge on any atom is -0.550 e. The molecule has 0 spiro atoms. The highest BCUT2D eigenvalue weighted by Crippen LogP contribution is 2.25. The summed E-state index contributed by atoms with van der Waals surface area (Å²) in [5, 5.41) is 12.1. The van der Waals surface area contributed by atoms with Gasteiger partial charge < -0.3 is 19.1 Å². The highest BCUT2D eigenvalue weighted by atomic mass is 35.5. The van der Waals surface area contributed by atoms with Crippen LogP contribution in [0.2, 0.25) is 5.02 Å². The van der Waals surface area contributed by atoms with E-state index < -0.39 is 18.0 Å². The summed E-state index contributed by atoms with van der Waals surface area (Å²) in [7, 11) is 0. The van der Waals surface area contributed by atoms with Crippen molar-refractivity contribution in [3.8, 4) is 5.75 Å². The largest absolute Gasteiger partial charge is 0.550 e. The number of hydrogen-bond donors (Lipinski definition) is 0. The number of benzene rings is 2. The van der Waals surface area contributed by atoms with Crippen LogP contribution in [0, 0.1) is 6.92 Å². The van der Waals surface area contributed by atoms with Gasteiger partial charge in [-0.2, -0.15) is 0 Å². The van der Waals surface area contributed by atoms with Crippen LogP contribution < -0.4 is 15.5 Å². The zero-order valence-corrected chi connectivity index (χ0v) is 14.1. The predicted molar refractivity (Wildman–Crippen MR) is 91.7 cm³/mol. The van der Waals surface area contributed by atoms with Crippen LogP contribution in [-0.4, -0.2) is 5.97 Å². The maximum absolute atomic E-state index is 12.0. The summed E-state index contributed by atoms with van der Waals surface area (Å²) in [6.07, 6.45) is -0.477. The molecule has 0 saturated carbocycles. The van der Waals surface area contributed by atoms with E-state index in [2.05, 4.69) is 0 Å². The van der Waals surface area contributed by atoms with Gasteiger partial charge in [-0.15, -0.1) is 0 Å². The van der Waals surface area contributed by atoms with Crippen molar-refractivity contribution < 1.29 is 19.1 Å². The summed E-state index contributed by atoms with van der Waals surface area (Å²) in [6, 6.07) is 12.4. The molecule has 0 unspecified atom stereocenters. The Kier molecular flexibility index (Phi) is 4.76. The standard InChI is InChI=1S/C19H15ClO5/c1-11-14-7-6-13(24-10-12-4-2-3-5-16(12)20)8-17(14)25-19(23)15(11)9-18(21)22/h2-8H,9-10H2,1H3,(H,21,22)/p-1. The first-order valence-corrected chi connectivity index (χ1v) is 7.96. The molecule has 1 aromatic heterocycles. The second-order valence-electron chi connectivity index (χ2n) is 5.58. The van der Waals surface area contributed by atoms with E-state index in [0.717, 1.165) is 5.56 Å². The van der Waals surface area contributed by atoms with Gasteiger partial charge in [0.2, 0.25) is 0 Å². The highest BCUT2D eigenvalue weighted by Gasteiger charge is 2.12. The van der Waals surface area contributed by atoms with Gasteiger partial charge in [-0.25, -0.2) is 4.79 Å². The summed E-state index contributed by atoms with van der Waals surface area (Å²) < 4.78 is 10.9. The van der Waals surface area contributed by atoms with Crippen LogP contribution in [0.3, 0.4) is 0 Å². The first kappa shape index (κ1) is 17.0. The van der Waals surface area contributed by atoms with E-state index in [1.165, 1.54) is 0 Å². The van der Waals surface area contributed by atoms with E-state index in [1.807, 2.05) is 18.2 Å². The Hall–Kier alpha value is -2.79. The van der Waals surface area contributed by atoms with Crippen LogP contribution in [-0.2, 0) is 17.8 Å². The molecule has 0 bridgehead atoms. The average Bonchev–Trinajstić information content (AvgIpc) is 2.57. The van der Waals surface area contributed by atoms with Gasteiger partial charge >= 0.3 is 5.63 Å². The number of carbonyl (C=O) groups excluding carboxylic acids is 1. The molecular weight excluding hydrogens is 344 g/mol. The van der Waals surface area contributed by atoms with Crippen molar-refractivity contribution in [1.29, 1.82) is 0 Å². The molecule has 0 atom stereocenters. The lowest BCUT2D eigenvalue weighted by Gasteiger charge is -2.11. The average molecular weight is 358 g/mol. The Morgan fingerprint density at radius 2 is 2.00 bits per heavy atom. The molecule has 0 aliphatic heterocycles. The van der Waals surface area contributed by atoms with Gasteiger partial charge in [0.1, 0.15) is 17.9 Å². The Balaban J connectivity index is 1.91. The van der Waals surface area contributed by atoms with Crippen LogP contribution in [0.5, 0.6) is 5.75 Å². The van der Waals surface area contributed by atoms with Gasteiger partial charge in [0.25, 0.3) is 0 Å². The zero-order chi connectivity index (χ0) is 18.0. The summed E-state index contributed by atoms with van der Waals surface area (Å²) in [5.41, 5.74) is 1.15. The molecule has 0 N–H and O–H groups in total. The van der Waals surface area contributed by atoms with Crippen molar-refractivity contribution in [2.24, 2.45) is 0 Å². The fourth-order valence-corrected chi connectivity index (χ4v) is 2.78. The van der Waals surface area contributed by atoms with Gasteiger partial charge in [0.05, 0.1) is 0 Å². The second-order valence-corrected chi connectivity index (χ2v) is 5.99. The number of hydrogen-bond acceptors (Lipinski definition) is 5. The van der Waals surface area contributed by atoms with Crippen molar-refractivity contribution in [3.05, 3.63) is 74.6 Å². The summed E-state index contributed by atoms with van der Waals surface area (Å²) in [5.74, 6) is -0.808. The highest BCUT2D eigenvalue weighted by molar-refractivity contribution is 6.31. The molecule has 1 heterocycles. The van der Waals surface area contributed by atoms with Gasteiger partial charge in [0, 0.05) is 40.0 Å². The van der Waals surface area contributed by atoms with Crippen molar-refractivity contribution in [3.63, 3.8) is 0 Å². The predicted octanol–water partition coefficient (Wildman–Crippen LogP) is 2.63. The molecule has 0 aliphatic carbocycles.